The van der Waals surface area contributed by atoms with Gasteiger partial charge < -0.3 is 15.6 Å². The molecule has 0 unspecified atom stereocenters. The van der Waals surface area contributed by atoms with Crippen LogP contribution in [0.15, 0.2) is 48.5 Å². The summed E-state index contributed by atoms with van der Waals surface area (Å²) < 4.78 is 4.49. The first-order valence-corrected chi connectivity index (χ1v) is 6.62. The van der Waals surface area contributed by atoms with Crippen LogP contribution in [0.3, 0.4) is 0 Å². The molecule has 24 heavy (non-hydrogen) atoms. The van der Waals surface area contributed by atoms with Crippen molar-refractivity contribution in [2.75, 3.05) is 7.11 Å². The van der Waals surface area contributed by atoms with Gasteiger partial charge in [-0.25, -0.2) is 9.59 Å². The Kier molecular flexibility index (Phi) is 6.67. The summed E-state index contributed by atoms with van der Waals surface area (Å²) in [5.41, 5.74) is 5.56. The molecule has 0 aliphatic heterocycles. The van der Waals surface area contributed by atoms with Crippen LogP contribution in [-0.4, -0.2) is 30.1 Å². The Labute approximate surface area is 137 Å². The number of methoxy groups -OCH3 is 1. The van der Waals surface area contributed by atoms with E-state index in [2.05, 4.69) is 4.74 Å². The third-order valence-corrected chi connectivity index (χ3v) is 2.88. The second kappa shape index (κ2) is 8.70. The second-order valence-electron chi connectivity index (χ2n) is 4.36. The fourth-order valence-electron chi connectivity index (χ4n) is 1.75. The van der Waals surface area contributed by atoms with E-state index in [4.69, 9.17) is 16.1 Å². The predicted molar refractivity (Wildman–Crippen MR) is 84.4 cm³/mol. The predicted octanol–water partition coefficient (Wildman–Crippen LogP) is 1.83. The van der Waals surface area contributed by atoms with E-state index in [1.54, 1.807) is 30.3 Å². The number of rotatable bonds is 3. The van der Waals surface area contributed by atoms with Crippen molar-refractivity contribution >= 4 is 17.8 Å². The number of carbonyl (C=O) groups excluding carboxylic acids is 2. The number of ether oxygens (including phenoxy) is 1. The number of nitrogens with zero attached hydrogens (tertiary/aromatic N) is 1. The molecule has 0 saturated carbocycles. The molecular weight excluding hydrogens is 312 g/mol. The average Bonchev–Trinajstić information content (AvgIpc) is 2.61. The normalized spacial score (nSPS) is 9.00. The molecule has 0 bridgehead atoms. The van der Waals surface area contributed by atoms with Gasteiger partial charge in [0, 0.05) is 0 Å². The molecule has 2 rings (SSSR count). The third kappa shape index (κ3) is 4.68. The average molecular weight is 326 g/mol. The summed E-state index contributed by atoms with van der Waals surface area (Å²) in [7, 11) is 1.29. The van der Waals surface area contributed by atoms with Crippen LogP contribution >= 0.6 is 0 Å². The molecule has 1 amide bonds. The summed E-state index contributed by atoms with van der Waals surface area (Å²) in [5, 5.41) is 17.2. The number of carboxylic acid groups (broad SMARTS) is 1. The summed E-state index contributed by atoms with van der Waals surface area (Å²) in [4.78, 5) is 32.2. The number of benzene rings is 2. The zero-order chi connectivity index (χ0) is 18.1. The molecule has 2 aromatic rings. The Morgan fingerprint density at radius 3 is 1.92 bits per heavy atom. The first-order chi connectivity index (χ1) is 11.4. The first kappa shape index (κ1) is 18.4. The highest BCUT2D eigenvalue weighted by atomic mass is 16.5. The van der Waals surface area contributed by atoms with Crippen LogP contribution in [0.2, 0.25) is 0 Å². The molecule has 0 aromatic heterocycles. The molecule has 0 radical (unpaired) electrons. The molecular formula is C17H14N2O5. The molecule has 0 saturated heterocycles. The molecule has 7 nitrogen and oxygen atoms in total. The largest absolute Gasteiger partial charge is 0.478 e. The lowest BCUT2D eigenvalue weighted by Crippen LogP contribution is -2.15. The van der Waals surface area contributed by atoms with Gasteiger partial charge in [0.2, 0.25) is 5.91 Å². The zero-order valence-corrected chi connectivity index (χ0v) is 12.7. The maximum Gasteiger partial charge on any atom is 0.339 e. The maximum atomic E-state index is 11.0. The second-order valence-corrected chi connectivity index (χ2v) is 4.36. The number of primary amides is 1. The van der Waals surface area contributed by atoms with Gasteiger partial charge in [0.15, 0.2) is 0 Å². The van der Waals surface area contributed by atoms with Gasteiger partial charge in [-0.05, 0) is 24.3 Å². The van der Waals surface area contributed by atoms with Crippen molar-refractivity contribution in [3.63, 3.8) is 0 Å². The Balaban J connectivity index is 0.000000240. The van der Waals surface area contributed by atoms with E-state index in [9.17, 15) is 14.4 Å². The van der Waals surface area contributed by atoms with E-state index in [0.29, 0.717) is 11.1 Å². The van der Waals surface area contributed by atoms with Gasteiger partial charge in [-0.3, -0.25) is 4.79 Å². The topological polar surface area (TPSA) is 130 Å². The molecule has 0 aliphatic carbocycles. The molecule has 2 aromatic carbocycles. The number of esters is 1. The number of nitrogens with two attached hydrogens (primary N) is 1. The monoisotopic (exact) mass is 326 g/mol. The quantitative estimate of drug-likeness (QED) is 0.827. The van der Waals surface area contributed by atoms with Gasteiger partial charge in [0.1, 0.15) is 6.07 Å². The van der Waals surface area contributed by atoms with Gasteiger partial charge in [0.05, 0.1) is 29.4 Å². The Morgan fingerprint density at radius 1 is 1.00 bits per heavy atom. The SMILES string of the molecule is COC(=O)c1ccccc1C#N.NC(=O)c1ccccc1C(=O)O. The zero-order valence-electron chi connectivity index (χ0n) is 12.7. The smallest absolute Gasteiger partial charge is 0.339 e. The van der Waals surface area contributed by atoms with Crippen LogP contribution in [-0.2, 0) is 4.74 Å². The molecule has 0 atom stereocenters. The van der Waals surface area contributed by atoms with E-state index in [0.717, 1.165) is 0 Å². The molecule has 0 heterocycles. The third-order valence-electron chi connectivity index (χ3n) is 2.88. The number of amides is 1. The molecule has 0 spiro atoms. The number of carbonyl (C=O) groups is 3. The lowest BCUT2D eigenvalue weighted by atomic mass is 10.1. The van der Waals surface area contributed by atoms with E-state index >= 15 is 0 Å². The van der Waals surface area contributed by atoms with E-state index in [1.165, 1.54) is 25.3 Å². The highest BCUT2D eigenvalue weighted by Crippen LogP contribution is 2.08. The van der Waals surface area contributed by atoms with Crippen LogP contribution in [0.25, 0.3) is 0 Å². The number of carboxylic acids is 1. The van der Waals surface area contributed by atoms with Crippen LogP contribution in [0.4, 0.5) is 0 Å². The van der Waals surface area contributed by atoms with Crippen molar-refractivity contribution < 1.29 is 24.2 Å². The minimum Gasteiger partial charge on any atom is -0.478 e. The minimum atomic E-state index is -1.15. The Morgan fingerprint density at radius 2 is 1.50 bits per heavy atom. The van der Waals surface area contributed by atoms with Crippen molar-refractivity contribution in [3.8, 4) is 6.07 Å². The molecule has 3 N–H and O–H groups in total. The van der Waals surface area contributed by atoms with Crippen LogP contribution < -0.4 is 5.73 Å². The van der Waals surface area contributed by atoms with Crippen molar-refractivity contribution in [2.45, 2.75) is 0 Å². The molecule has 0 fully saturated rings. The summed E-state index contributed by atoms with van der Waals surface area (Å²) in [6.45, 7) is 0. The summed E-state index contributed by atoms with van der Waals surface area (Å²) >= 11 is 0. The van der Waals surface area contributed by atoms with Gasteiger partial charge in [-0.2, -0.15) is 5.26 Å². The summed E-state index contributed by atoms with van der Waals surface area (Å²) in [6, 6.07) is 14.2. The summed E-state index contributed by atoms with van der Waals surface area (Å²) in [5.74, 6) is -2.36. The van der Waals surface area contributed by atoms with Crippen molar-refractivity contribution in [2.24, 2.45) is 5.73 Å². The number of aromatic carboxylic acids is 1. The Hall–Kier alpha value is -3.66. The van der Waals surface area contributed by atoms with Crippen LogP contribution in [0.5, 0.6) is 0 Å². The highest BCUT2D eigenvalue weighted by Gasteiger charge is 2.12. The fourth-order valence-corrected chi connectivity index (χ4v) is 1.75. The van der Waals surface area contributed by atoms with Gasteiger partial charge in [0.25, 0.3) is 0 Å². The van der Waals surface area contributed by atoms with E-state index in [1.807, 2.05) is 6.07 Å². The fraction of sp³-hybridized carbons (Fsp3) is 0.0588. The first-order valence-electron chi connectivity index (χ1n) is 6.62. The van der Waals surface area contributed by atoms with Gasteiger partial charge >= 0.3 is 11.9 Å². The van der Waals surface area contributed by atoms with Crippen molar-refractivity contribution in [1.29, 1.82) is 5.26 Å². The van der Waals surface area contributed by atoms with E-state index < -0.39 is 17.8 Å². The molecule has 122 valence electrons. The lowest BCUT2D eigenvalue weighted by Gasteiger charge is -1.99. The van der Waals surface area contributed by atoms with Gasteiger partial charge in [-0.1, -0.05) is 24.3 Å². The molecule has 7 heteroatoms. The van der Waals surface area contributed by atoms with Gasteiger partial charge in [-0.15, -0.1) is 0 Å². The Bertz CT molecular complexity index is 776. The number of nitriles is 1. The minimum absolute atomic E-state index is 0.0324. The highest BCUT2D eigenvalue weighted by molar-refractivity contribution is 6.04. The van der Waals surface area contributed by atoms with Crippen molar-refractivity contribution in [3.05, 3.63) is 70.8 Å². The lowest BCUT2D eigenvalue weighted by molar-refractivity contribution is 0.0599. The summed E-state index contributed by atoms with van der Waals surface area (Å²) in [6.07, 6.45) is 0. The number of hydrogen-bond acceptors (Lipinski definition) is 5. The standard InChI is InChI=1S/C9H7NO2.C8H7NO3/c1-12-9(11)8-5-3-2-4-7(8)6-10;9-7(10)5-3-1-2-4-6(5)8(11)12/h2-5H,1H3;1-4H,(H2,9,10)(H,11,12). The van der Waals surface area contributed by atoms with Crippen LogP contribution in [0, 0.1) is 11.3 Å². The molecule has 0 aliphatic rings. The maximum absolute atomic E-state index is 11.0. The van der Waals surface area contributed by atoms with Crippen LogP contribution in [0.1, 0.15) is 36.6 Å². The van der Waals surface area contributed by atoms with E-state index in [-0.39, 0.29) is 11.1 Å². The van der Waals surface area contributed by atoms with Crippen molar-refractivity contribution in [1.82, 2.24) is 0 Å². The number of hydrogen-bond donors (Lipinski definition) is 2.